The van der Waals surface area contributed by atoms with Crippen LogP contribution in [0, 0.1) is 5.82 Å². The van der Waals surface area contributed by atoms with E-state index in [0.717, 1.165) is 10.9 Å². The molecule has 1 aromatic heterocycles. The lowest BCUT2D eigenvalue weighted by Gasteiger charge is -2.14. The number of hydrogen-bond donors (Lipinski definition) is 2. The zero-order valence-corrected chi connectivity index (χ0v) is 19.9. The first-order valence-electron chi connectivity index (χ1n) is 10.9. The van der Waals surface area contributed by atoms with Crippen molar-refractivity contribution in [2.24, 2.45) is 5.73 Å². The smallest absolute Gasteiger partial charge is 0.310 e. The van der Waals surface area contributed by atoms with Gasteiger partial charge in [-0.1, -0.05) is 36.4 Å². The number of hydrogen-bond acceptors (Lipinski definition) is 5. The van der Waals surface area contributed by atoms with Crippen LogP contribution < -0.4 is 10.5 Å². The summed E-state index contributed by atoms with van der Waals surface area (Å²) >= 11 is -2.06. The molecule has 0 fully saturated rings. The van der Waals surface area contributed by atoms with Crippen LogP contribution in [0.2, 0.25) is 0 Å². The van der Waals surface area contributed by atoms with Gasteiger partial charge in [0.15, 0.2) is 11.1 Å². The summed E-state index contributed by atoms with van der Waals surface area (Å²) in [7, 11) is 1.33. The fourth-order valence-corrected chi connectivity index (χ4v) is 4.48. The molecule has 0 aliphatic heterocycles. The Morgan fingerprint density at radius 3 is 2.60 bits per heavy atom. The van der Waals surface area contributed by atoms with Crippen LogP contribution in [-0.4, -0.2) is 26.4 Å². The lowest BCUT2D eigenvalue weighted by molar-refractivity contribution is -0.139. The van der Waals surface area contributed by atoms with Crippen LogP contribution in [0.1, 0.15) is 16.7 Å². The number of aromatic nitrogens is 1. The lowest BCUT2D eigenvalue weighted by Crippen LogP contribution is -2.07. The Bertz CT molecular complexity index is 1400. The molecule has 35 heavy (non-hydrogen) atoms. The lowest BCUT2D eigenvalue weighted by atomic mass is 9.97. The van der Waals surface area contributed by atoms with Crippen molar-refractivity contribution in [1.82, 2.24) is 4.57 Å². The van der Waals surface area contributed by atoms with Crippen LogP contribution in [0.5, 0.6) is 5.75 Å². The first-order valence-corrected chi connectivity index (χ1v) is 12.1. The molecular weight excluding hydrogens is 471 g/mol. The van der Waals surface area contributed by atoms with Crippen LogP contribution in [-0.2, 0) is 46.1 Å². The number of rotatable bonds is 9. The van der Waals surface area contributed by atoms with Crippen LogP contribution >= 0.6 is 0 Å². The Morgan fingerprint density at radius 2 is 1.86 bits per heavy atom. The molecule has 4 aromatic rings. The van der Waals surface area contributed by atoms with E-state index in [-0.39, 0.29) is 31.4 Å². The molecule has 1 heterocycles. The molecule has 3 aromatic carbocycles. The highest BCUT2D eigenvalue weighted by atomic mass is 32.2. The second kappa shape index (κ2) is 10.8. The van der Waals surface area contributed by atoms with Gasteiger partial charge in [-0.3, -0.25) is 4.79 Å². The molecule has 0 saturated carbocycles. The van der Waals surface area contributed by atoms with Crippen molar-refractivity contribution in [3.05, 3.63) is 89.4 Å². The number of halogens is 1. The van der Waals surface area contributed by atoms with E-state index in [2.05, 4.69) is 0 Å². The summed E-state index contributed by atoms with van der Waals surface area (Å²) in [5, 5.41) is 0.735. The van der Waals surface area contributed by atoms with Gasteiger partial charge in [-0.05, 0) is 35.4 Å². The van der Waals surface area contributed by atoms with Gasteiger partial charge in [0.2, 0.25) is 0 Å². The second-order valence-electron chi connectivity index (χ2n) is 7.94. The molecule has 1 atom stereocenters. The Balaban J connectivity index is 1.77. The summed E-state index contributed by atoms with van der Waals surface area (Å²) in [5.74, 6) is -0.380. The van der Waals surface area contributed by atoms with Crippen molar-refractivity contribution in [2.75, 3.05) is 7.11 Å². The van der Waals surface area contributed by atoms with Gasteiger partial charge >= 0.3 is 5.97 Å². The molecule has 0 aliphatic rings. The van der Waals surface area contributed by atoms with Gasteiger partial charge in [0.05, 0.1) is 13.5 Å². The average molecular weight is 497 g/mol. The molecule has 0 saturated heterocycles. The molecular formula is C26H25FN2O5S. The van der Waals surface area contributed by atoms with Crippen molar-refractivity contribution in [1.29, 1.82) is 0 Å². The monoisotopic (exact) mass is 496 g/mol. The number of nitrogens with zero attached hydrogens (tertiary/aromatic N) is 1. The highest BCUT2D eigenvalue weighted by Gasteiger charge is 2.17. The fraction of sp³-hybridized carbons (Fsp3) is 0.192. The van der Waals surface area contributed by atoms with Crippen molar-refractivity contribution in [3.8, 4) is 16.9 Å². The summed E-state index contributed by atoms with van der Waals surface area (Å²) in [4.78, 5) is 11.8. The van der Waals surface area contributed by atoms with Crippen LogP contribution in [0.25, 0.3) is 22.0 Å². The van der Waals surface area contributed by atoms with E-state index in [1.807, 2.05) is 18.2 Å². The molecule has 4 rings (SSSR count). The zero-order chi connectivity index (χ0) is 24.9. The molecule has 1 unspecified atom stereocenters. The number of methoxy groups -OCH3 is 1. The van der Waals surface area contributed by atoms with E-state index >= 15 is 4.39 Å². The number of carbonyl (C=O) groups excluding carboxylic acids is 1. The van der Waals surface area contributed by atoms with Gasteiger partial charge in [-0.25, -0.2) is 8.60 Å². The van der Waals surface area contributed by atoms with Gasteiger partial charge in [-0.15, -0.1) is 0 Å². The maximum absolute atomic E-state index is 15.2. The minimum absolute atomic E-state index is 0.0626. The van der Waals surface area contributed by atoms with E-state index in [9.17, 15) is 13.6 Å². The molecule has 0 aliphatic carbocycles. The summed E-state index contributed by atoms with van der Waals surface area (Å²) in [5.41, 5.74) is 9.19. The predicted octanol–water partition coefficient (Wildman–Crippen LogP) is 4.38. The first-order chi connectivity index (χ1) is 16.9. The highest BCUT2D eigenvalue weighted by molar-refractivity contribution is 7.78. The minimum Gasteiger partial charge on any atom is -0.489 e. The Hall–Kier alpha value is -3.53. The number of para-hydroxylation sites is 1. The van der Waals surface area contributed by atoms with Crippen molar-refractivity contribution >= 4 is 28.0 Å². The average Bonchev–Trinajstić information content (AvgIpc) is 3.25. The topological polar surface area (TPSA) is 104 Å². The first kappa shape index (κ1) is 24.6. The third-order valence-electron chi connectivity index (χ3n) is 5.72. The summed E-state index contributed by atoms with van der Waals surface area (Å²) < 4.78 is 48.6. The predicted molar refractivity (Wildman–Crippen MR) is 132 cm³/mol. The molecule has 0 amide bonds. The van der Waals surface area contributed by atoms with Crippen molar-refractivity contribution < 1.29 is 27.4 Å². The summed E-state index contributed by atoms with van der Waals surface area (Å²) in [6, 6.07) is 17.7. The third-order valence-corrected chi connectivity index (χ3v) is 6.22. The van der Waals surface area contributed by atoms with Crippen LogP contribution in [0.15, 0.2) is 66.9 Å². The van der Waals surface area contributed by atoms with E-state index in [0.29, 0.717) is 33.5 Å². The van der Waals surface area contributed by atoms with Crippen LogP contribution in [0.4, 0.5) is 4.39 Å². The van der Waals surface area contributed by atoms with Gasteiger partial charge in [-0.2, -0.15) is 0 Å². The van der Waals surface area contributed by atoms with E-state index in [4.69, 9.17) is 15.2 Å². The molecule has 3 N–H and O–H groups in total. The van der Waals surface area contributed by atoms with Gasteiger partial charge in [0, 0.05) is 40.3 Å². The number of nitrogens with two attached hydrogens (primary N) is 1. The number of esters is 1. The third kappa shape index (κ3) is 5.43. The molecule has 0 spiro atoms. The Labute approximate surface area is 204 Å². The molecule has 0 radical (unpaired) electrons. The van der Waals surface area contributed by atoms with Crippen molar-refractivity contribution in [3.63, 3.8) is 0 Å². The van der Waals surface area contributed by atoms with Crippen LogP contribution in [0.3, 0.4) is 0 Å². The quantitative estimate of drug-likeness (QED) is 0.263. The van der Waals surface area contributed by atoms with Gasteiger partial charge in [0.25, 0.3) is 0 Å². The highest BCUT2D eigenvalue weighted by Crippen LogP contribution is 2.34. The normalized spacial score (nSPS) is 12.0. The fourth-order valence-electron chi connectivity index (χ4n) is 4.02. The van der Waals surface area contributed by atoms with Crippen molar-refractivity contribution in [2.45, 2.75) is 25.4 Å². The Kier molecular flexibility index (Phi) is 7.60. The van der Waals surface area contributed by atoms with Gasteiger partial charge < -0.3 is 24.3 Å². The minimum atomic E-state index is -2.06. The molecule has 7 nitrogen and oxygen atoms in total. The molecule has 9 heteroatoms. The summed E-state index contributed by atoms with van der Waals surface area (Å²) in [6.45, 7) is 0.194. The maximum Gasteiger partial charge on any atom is 0.310 e. The molecule has 0 bridgehead atoms. The van der Waals surface area contributed by atoms with E-state index in [1.165, 1.54) is 7.11 Å². The SMILES string of the molecule is COC(=O)Cc1ccccc1OCc1cc(-c2cccc(CN)c2F)c2ccn(CS(=O)O)c2c1. The largest absolute Gasteiger partial charge is 0.489 e. The van der Waals surface area contributed by atoms with E-state index in [1.54, 1.807) is 53.2 Å². The number of benzene rings is 3. The standard InChI is InChI=1S/C26H25FN2O5S/c1-33-25(30)13-18-5-2-3-8-24(18)34-15-17-11-22(21-7-4-6-19(14-28)26(21)27)20-9-10-29(16-35(31)32)23(20)12-17/h2-12H,13-16,28H2,1H3,(H,31,32). The number of fused-ring (bicyclic) bond motifs is 1. The Morgan fingerprint density at radius 1 is 1.09 bits per heavy atom. The van der Waals surface area contributed by atoms with Gasteiger partial charge in [0.1, 0.15) is 24.1 Å². The zero-order valence-electron chi connectivity index (χ0n) is 19.1. The molecule has 182 valence electrons. The summed E-state index contributed by atoms with van der Waals surface area (Å²) in [6.07, 6.45) is 1.77. The number of ether oxygens (including phenoxy) is 2. The van der Waals surface area contributed by atoms with E-state index < -0.39 is 16.9 Å². The number of carbonyl (C=O) groups is 1. The second-order valence-corrected chi connectivity index (χ2v) is 8.85. The maximum atomic E-state index is 15.2.